The molecule has 0 atom stereocenters. The smallest absolute Gasteiger partial charge is 0.383 e. The Morgan fingerprint density at radius 3 is 0.948 bits per heavy atom. The van der Waals surface area contributed by atoms with Crippen LogP contribution < -0.4 is 0 Å². The van der Waals surface area contributed by atoms with Crippen LogP contribution in [0, 0.1) is 46.5 Å². The molecule has 0 bridgehead atoms. The largest absolute Gasteiger partial charge is 0.456 e. The van der Waals surface area contributed by atoms with Gasteiger partial charge in [-0.25, -0.2) is 35.1 Å². The van der Waals surface area contributed by atoms with Crippen molar-refractivity contribution in [1.82, 2.24) is 0 Å². The average molecular weight is 831 g/mol. The molecule has 2 heterocycles. The second-order valence-electron chi connectivity index (χ2n) is 12.9. The van der Waals surface area contributed by atoms with Crippen molar-refractivity contribution in [2.75, 3.05) is 0 Å². The van der Waals surface area contributed by atoms with Gasteiger partial charge in [0.05, 0.1) is 11.1 Å². The maximum absolute atomic E-state index is 15.4. The van der Waals surface area contributed by atoms with Gasteiger partial charge in [0.1, 0.15) is 33.5 Å². The lowest BCUT2D eigenvalue weighted by Gasteiger charge is -2.37. The molecule has 0 spiro atoms. The lowest BCUT2D eigenvalue weighted by atomic mass is 9.87. The number of furan rings is 2. The highest BCUT2D eigenvalue weighted by atomic mass is 19.4. The minimum atomic E-state index is -7.95. The maximum Gasteiger partial charge on any atom is 0.383 e. The van der Waals surface area contributed by atoms with Crippen LogP contribution in [-0.4, -0.2) is 11.8 Å². The van der Waals surface area contributed by atoms with E-state index >= 15 is 70.2 Å². The van der Waals surface area contributed by atoms with E-state index < -0.39 is 104 Å². The first kappa shape index (κ1) is 38.7. The van der Waals surface area contributed by atoms with Crippen LogP contribution in [0.1, 0.15) is 11.1 Å². The Hall–Kier alpha value is -6.20. The van der Waals surface area contributed by atoms with Crippen molar-refractivity contribution in [2.45, 2.75) is 23.7 Å². The Bertz CT molecular complexity index is 2760. The first-order valence-electron chi connectivity index (χ1n) is 16.2. The SMILES string of the molecule is Fc1c(F)c(C(F)(F)C(F)(F)C(F)(F)C(F)(F)c2c(F)c(F)c(-c3ccc4oc5ccccc5c4c3)c(F)c2F)c(F)c(F)c1-c1ccc2oc3ccccc3c2c1. The molecule has 0 radical (unpaired) electrons. The first-order valence-corrected chi connectivity index (χ1v) is 16.2. The van der Waals surface area contributed by atoms with Gasteiger partial charge >= 0.3 is 23.7 Å². The molecule has 18 heteroatoms. The second kappa shape index (κ2) is 12.6. The van der Waals surface area contributed by atoms with E-state index in [0.29, 0.717) is 0 Å². The lowest BCUT2D eigenvalue weighted by Crippen LogP contribution is -2.60. The first-order chi connectivity index (χ1) is 27.1. The third-order valence-corrected chi connectivity index (χ3v) is 9.67. The monoisotopic (exact) mass is 830 g/mol. The number of fused-ring (bicyclic) bond motifs is 6. The van der Waals surface area contributed by atoms with Crippen LogP contribution in [-0.2, 0) is 11.8 Å². The van der Waals surface area contributed by atoms with E-state index in [1.54, 1.807) is 0 Å². The molecule has 0 saturated carbocycles. The normalized spacial score (nSPS) is 13.2. The van der Waals surface area contributed by atoms with E-state index in [1.807, 2.05) is 0 Å². The fourth-order valence-electron chi connectivity index (χ4n) is 6.79. The summed E-state index contributed by atoms with van der Waals surface area (Å²) < 4.78 is 256. The van der Waals surface area contributed by atoms with Gasteiger partial charge in [0.15, 0.2) is 46.5 Å². The summed E-state index contributed by atoms with van der Waals surface area (Å²) >= 11 is 0. The summed E-state index contributed by atoms with van der Waals surface area (Å²) in [5, 5.41) is 0.588. The summed E-state index contributed by atoms with van der Waals surface area (Å²) in [5.41, 5.74) is -12.5. The lowest BCUT2D eigenvalue weighted by molar-refractivity contribution is -0.376. The van der Waals surface area contributed by atoms with Gasteiger partial charge in [-0.15, -0.1) is 0 Å². The molecular formula is C40H14F16O2. The summed E-state index contributed by atoms with van der Waals surface area (Å²) in [7, 11) is 0. The molecule has 6 aromatic carbocycles. The predicted octanol–water partition coefficient (Wildman–Crippen LogP) is 14.1. The van der Waals surface area contributed by atoms with Crippen molar-refractivity contribution in [3.63, 3.8) is 0 Å². The van der Waals surface area contributed by atoms with Crippen molar-refractivity contribution < 1.29 is 79.1 Å². The van der Waals surface area contributed by atoms with Gasteiger partial charge in [0.2, 0.25) is 0 Å². The summed E-state index contributed by atoms with van der Waals surface area (Å²) in [4.78, 5) is 0. The Balaban J connectivity index is 1.22. The van der Waals surface area contributed by atoms with E-state index in [9.17, 15) is 0 Å². The Kier molecular flexibility index (Phi) is 8.43. The van der Waals surface area contributed by atoms with Gasteiger partial charge in [-0.3, -0.25) is 0 Å². The second-order valence-corrected chi connectivity index (χ2v) is 12.9. The summed E-state index contributed by atoms with van der Waals surface area (Å²) in [6, 6.07) is 17.0. The summed E-state index contributed by atoms with van der Waals surface area (Å²) in [6.45, 7) is 0. The van der Waals surface area contributed by atoms with Crippen LogP contribution in [0.5, 0.6) is 0 Å². The molecule has 8 rings (SSSR count). The number of halogens is 16. The molecule has 0 aliphatic carbocycles. The van der Waals surface area contributed by atoms with Gasteiger partial charge in [0.25, 0.3) is 0 Å². The van der Waals surface area contributed by atoms with Crippen LogP contribution in [0.4, 0.5) is 70.2 Å². The fourth-order valence-corrected chi connectivity index (χ4v) is 6.79. The molecule has 0 amide bonds. The minimum Gasteiger partial charge on any atom is -0.456 e. The van der Waals surface area contributed by atoms with Gasteiger partial charge < -0.3 is 8.83 Å². The average Bonchev–Trinajstić information content (AvgIpc) is 3.74. The third kappa shape index (κ3) is 5.08. The molecule has 0 aliphatic rings. The number of hydrogen-bond acceptors (Lipinski definition) is 2. The quantitative estimate of drug-likeness (QED) is 0.118. The van der Waals surface area contributed by atoms with Crippen molar-refractivity contribution in [1.29, 1.82) is 0 Å². The van der Waals surface area contributed by atoms with Crippen LogP contribution in [0.3, 0.4) is 0 Å². The fraction of sp³-hybridized carbons (Fsp3) is 0.100. The highest BCUT2D eigenvalue weighted by Gasteiger charge is 2.83. The topological polar surface area (TPSA) is 26.3 Å². The number of para-hydroxylation sites is 2. The molecule has 0 N–H and O–H groups in total. The third-order valence-electron chi connectivity index (χ3n) is 9.67. The highest BCUT2D eigenvalue weighted by molar-refractivity contribution is 6.07. The minimum absolute atomic E-state index is 0.0311. The number of hydrogen-bond donors (Lipinski definition) is 0. The molecule has 2 nitrogen and oxygen atoms in total. The molecule has 0 unspecified atom stereocenters. The molecule has 0 saturated heterocycles. The molecule has 0 fully saturated rings. The van der Waals surface area contributed by atoms with E-state index in [-0.39, 0.29) is 43.9 Å². The van der Waals surface area contributed by atoms with E-state index in [1.165, 1.54) is 48.5 Å². The van der Waals surface area contributed by atoms with Crippen molar-refractivity contribution in [3.05, 3.63) is 143 Å². The van der Waals surface area contributed by atoms with Crippen LogP contribution in [0.15, 0.2) is 93.8 Å². The number of alkyl halides is 8. The van der Waals surface area contributed by atoms with Gasteiger partial charge in [-0.05, 0) is 47.5 Å². The molecule has 298 valence electrons. The zero-order valence-electron chi connectivity index (χ0n) is 27.9. The van der Waals surface area contributed by atoms with Crippen LogP contribution >= 0.6 is 0 Å². The van der Waals surface area contributed by atoms with Gasteiger partial charge in [-0.1, -0.05) is 48.5 Å². The van der Waals surface area contributed by atoms with Crippen molar-refractivity contribution in [2.24, 2.45) is 0 Å². The number of benzene rings is 6. The maximum atomic E-state index is 15.4. The van der Waals surface area contributed by atoms with E-state index in [0.717, 1.165) is 36.4 Å². The Morgan fingerprint density at radius 1 is 0.328 bits per heavy atom. The standard InChI is InChI=1S/C40H14F16O2/c41-29-25(15-9-11-23-19(13-15)17-5-1-3-7-21(17)57-23)30(42)34(46)27(33(29)45)37(49,50)39(53,54)40(55,56)38(51,52)28-35(47)31(43)26(32(44)36(28)48)16-10-12-24-20(14-16)18-6-2-4-8-22(18)58-24/h1-14H. The molecular weight excluding hydrogens is 816 g/mol. The Morgan fingerprint density at radius 2 is 0.621 bits per heavy atom. The van der Waals surface area contributed by atoms with E-state index in [4.69, 9.17) is 8.83 Å². The summed E-state index contributed by atoms with van der Waals surface area (Å²) in [5.74, 6) is -56.1. The number of rotatable bonds is 7. The van der Waals surface area contributed by atoms with Crippen molar-refractivity contribution >= 4 is 43.9 Å². The molecule has 8 aromatic rings. The molecule has 58 heavy (non-hydrogen) atoms. The van der Waals surface area contributed by atoms with Gasteiger partial charge in [0, 0.05) is 21.5 Å². The molecule has 0 aliphatic heterocycles. The van der Waals surface area contributed by atoms with Gasteiger partial charge in [-0.2, -0.15) is 35.1 Å². The zero-order valence-corrected chi connectivity index (χ0v) is 27.9. The highest BCUT2D eigenvalue weighted by Crippen LogP contribution is 2.61. The van der Waals surface area contributed by atoms with Crippen LogP contribution in [0.2, 0.25) is 0 Å². The predicted molar refractivity (Wildman–Crippen MR) is 176 cm³/mol. The Labute approximate surface area is 311 Å². The zero-order chi connectivity index (χ0) is 42.0. The summed E-state index contributed by atoms with van der Waals surface area (Å²) in [6.07, 6.45) is 0. The van der Waals surface area contributed by atoms with Crippen LogP contribution in [0.25, 0.3) is 66.1 Å². The van der Waals surface area contributed by atoms with E-state index in [2.05, 4.69) is 0 Å². The molecule has 2 aromatic heterocycles. The van der Waals surface area contributed by atoms with Crippen molar-refractivity contribution in [3.8, 4) is 22.3 Å².